The number of anilines is 1. The van der Waals surface area contributed by atoms with Crippen LogP contribution in [0.3, 0.4) is 0 Å². The van der Waals surface area contributed by atoms with Crippen LogP contribution in [0.1, 0.15) is 23.2 Å². The Hall–Kier alpha value is -2.08. The van der Waals surface area contributed by atoms with Gasteiger partial charge in [-0.1, -0.05) is 6.07 Å². The fourth-order valence-corrected chi connectivity index (χ4v) is 2.24. The zero-order valence-corrected chi connectivity index (χ0v) is 11.4. The molecule has 0 unspecified atom stereocenters. The maximum atomic E-state index is 11.9. The largest absolute Gasteiger partial charge is 0.478 e. The zero-order valence-electron chi connectivity index (χ0n) is 11.4. The Morgan fingerprint density at radius 1 is 1.30 bits per heavy atom. The van der Waals surface area contributed by atoms with Gasteiger partial charge in [-0.25, -0.2) is 9.59 Å². The second kappa shape index (κ2) is 6.38. The molecule has 3 N–H and O–H groups in total. The highest BCUT2D eigenvalue weighted by Gasteiger charge is 2.18. The van der Waals surface area contributed by atoms with Crippen molar-refractivity contribution in [2.24, 2.45) is 0 Å². The number of aromatic carboxylic acids is 1. The Labute approximate surface area is 117 Å². The van der Waals surface area contributed by atoms with E-state index >= 15 is 0 Å². The highest BCUT2D eigenvalue weighted by Crippen LogP contribution is 2.12. The quantitative estimate of drug-likeness (QED) is 0.784. The topological polar surface area (TPSA) is 81.7 Å². The van der Waals surface area contributed by atoms with Crippen LogP contribution in [0.2, 0.25) is 0 Å². The van der Waals surface area contributed by atoms with Crippen LogP contribution in [0, 0.1) is 0 Å². The molecule has 0 spiro atoms. The minimum Gasteiger partial charge on any atom is -0.478 e. The first-order valence-corrected chi connectivity index (χ1v) is 6.64. The molecule has 6 nitrogen and oxygen atoms in total. The summed E-state index contributed by atoms with van der Waals surface area (Å²) in [4.78, 5) is 24.9. The van der Waals surface area contributed by atoms with Gasteiger partial charge in [0.25, 0.3) is 0 Å². The van der Waals surface area contributed by atoms with E-state index in [0.717, 1.165) is 25.9 Å². The standard InChI is InChI=1S/C14H19N3O3/c1-17-7-5-11(6-8-17)15-14(20)16-12-4-2-3-10(9-12)13(18)19/h2-4,9,11H,5-8H2,1H3,(H,18,19)(H2,15,16,20). The minimum absolute atomic E-state index is 0.155. The fraction of sp³-hybridized carbons (Fsp3) is 0.429. The molecule has 6 heteroatoms. The Bertz CT molecular complexity index is 496. The SMILES string of the molecule is CN1CCC(NC(=O)Nc2cccc(C(=O)O)c2)CC1. The van der Waals surface area contributed by atoms with Crippen molar-refractivity contribution in [3.8, 4) is 0 Å². The highest BCUT2D eigenvalue weighted by molar-refractivity contribution is 5.93. The molecule has 1 saturated heterocycles. The minimum atomic E-state index is -1.01. The fourth-order valence-electron chi connectivity index (χ4n) is 2.24. The van der Waals surface area contributed by atoms with E-state index < -0.39 is 5.97 Å². The number of benzene rings is 1. The van der Waals surface area contributed by atoms with Crippen LogP contribution in [0.25, 0.3) is 0 Å². The lowest BCUT2D eigenvalue weighted by Gasteiger charge is -2.29. The summed E-state index contributed by atoms with van der Waals surface area (Å²) in [6, 6.07) is 6.09. The predicted molar refractivity (Wildman–Crippen MR) is 76.1 cm³/mol. The molecule has 1 aromatic carbocycles. The van der Waals surface area contributed by atoms with E-state index in [2.05, 4.69) is 22.6 Å². The van der Waals surface area contributed by atoms with Crippen molar-refractivity contribution < 1.29 is 14.7 Å². The van der Waals surface area contributed by atoms with Gasteiger partial charge in [0.1, 0.15) is 0 Å². The predicted octanol–water partition coefficient (Wildman–Crippen LogP) is 1.60. The summed E-state index contributed by atoms with van der Waals surface area (Å²) in [6.07, 6.45) is 1.86. The molecule has 1 heterocycles. The number of amides is 2. The van der Waals surface area contributed by atoms with Crippen molar-refractivity contribution in [1.82, 2.24) is 10.2 Å². The summed E-state index contributed by atoms with van der Waals surface area (Å²) in [5, 5.41) is 14.5. The molecule has 108 valence electrons. The van der Waals surface area contributed by atoms with Crippen LogP contribution in [-0.2, 0) is 0 Å². The third-order valence-electron chi connectivity index (χ3n) is 3.42. The van der Waals surface area contributed by atoms with Gasteiger partial charge in [0, 0.05) is 11.7 Å². The Balaban J connectivity index is 1.88. The number of piperidine rings is 1. The Morgan fingerprint density at radius 2 is 2.00 bits per heavy atom. The number of nitrogens with zero attached hydrogens (tertiary/aromatic N) is 1. The highest BCUT2D eigenvalue weighted by atomic mass is 16.4. The molecule has 20 heavy (non-hydrogen) atoms. The smallest absolute Gasteiger partial charge is 0.335 e. The van der Waals surface area contributed by atoms with Crippen LogP contribution in [0.15, 0.2) is 24.3 Å². The number of rotatable bonds is 3. The molecule has 0 aromatic heterocycles. The van der Waals surface area contributed by atoms with Gasteiger partial charge in [0.2, 0.25) is 0 Å². The monoisotopic (exact) mass is 277 g/mol. The van der Waals surface area contributed by atoms with Gasteiger partial charge >= 0.3 is 12.0 Å². The van der Waals surface area contributed by atoms with E-state index in [4.69, 9.17) is 5.11 Å². The Morgan fingerprint density at radius 3 is 2.65 bits per heavy atom. The molecule has 0 radical (unpaired) electrons. The lowest BCUT2D eigenvalue weighted by atomic mass is 10.1. The number of urea groups is 1. The van der Waals surface area contributed by atoms with E-state index in [1.54, 1.807) is 12.1 Å². The summed E-state index contributed by atoms with van der Waals surface area (Å²) < 4.78 is 0. The van der Waals surface area contributed by atoms with Crippen molar-refractivity contribution in [3.63, 3.8) is 0 Å². The van der Waals surface area contributed by atoms with Crippen molar-refractivity contribution >= 4 is 17.7 Å². The molecule has 1 aromatic rings. The van der Waals surface area contributed by atoms with Gasteiger partial charge in [-0.15, -0.1) is 0 Å². The van der Waals surface area contributed by atoms with Gasteiger partial charge in [-0.05, 0) is 51.2 Å². The molecule has 1 fully saturated rings. The maximum Gasteiger partial charge on any atom is 0.335 e. The molecule has 0 saturated carbocycles. The third kappa shape index (κ3) is 3.96. The first-order chi connectivity index (χ1) is 9.54. The number of nitrogens with one attached hydrogen (secondary N) is 2. The maximum absolute atomic E-state index is 11.9. The summed E-state index contributed by atoms with van der Waals surface area (Å²) >= 11 is 0. The number of likely N-dealkylation sites (tertiary alicyclic amines) is 1. The second-order valence-corrected chi connectivity index (χ2v) is 5.06. The molecular weight excluding hydrogens is 258 g/mol. The van der Waals surface area contributed by atoms with Crippen molar-refractivity contribution in [3.05, 3.63) is 29.8 Å². The molecule has 0 atom stereocenters. The lowest BCUT2D eigenvalue weighted by molar-refractivity contribution is 0.0697. The van der Waals surface area contributed by atoms with Crippen LogP contribution in [0.5, 0.6) is 0 Å². The van der Waals surface area contributed by atoms with Gasteiger partial charge in [-0.2, -0.15) is 0 Å². The van der Waals surface area contributed by atoms with Crippen LogP contribution in [-0.4, -0.2) is 48.2 Å². The number of carbonyl (C=O) groups is 2. The van der Waals surface area contributed by atoms with E-state index in [9.17, 15) is 9.59 Å². The number of carboxylic acids is 1. The summed E-state index contributed by atoms with van der Waals surface area (Å²) in [7, 11) is 2.06. The number of carboxylic acid groups (broad SMARTS) is 1. The summed E-state index contributed by atoms with van der Waals surface area (Å²) in [5.74, 6) is -1.01. The van der Waals surface area contributed by atoms with E-state index in [0.29, 0.717) is 5.69 Å². The van der Waals surface area contributed by atoms with Crippen molar-refractivity contribution in [2.75, 3.05) is 25.5 Å². The Kier molecular flexibility index (Phi) is 4.57. The van der Waals surface area contributed by atoms with Gasteiger partial charge in [0.15, 0.2) is 0 Å². The average Bonchev–Trinajstić information content (AvgIpc) is 2.41. The molecule has 2 rings (SSSR count). The molecule has 1 aliphatic rings. The first-order valence-electron chi connectivity index (χ1n) is 6.64. The molecule has 2 amide bonds. The van der Waals surface area contributed by atoms with E-state index in [1.165, 1.54) is 12.1 Å². The molecule has 0 bridgehead atoms. The summed E-state index contributed by atoms with van der Waals surface area (Å²) in [6.45, 7) is 1.94. The van der Waals surface area contributed by atoms with Crippen molar-refractivity contribution in [1.29, 1.82) is 0 Å². The second-order valence-electron chi connectivity index (χ2n) is 5.06. The zero-order chi connectivity index (χ0) is 14.5. The molecular formula is C14H19N3O3. The third-order valence-corrected chi connectivity index (χ3v) is 3.42. The van der Waals surface area contributed by atoms with Crippen molar-refractivity contribution in [2.45, 2.75) is 18.9 Å². The normalized spacial score (nSPS) is 16.6. The molecule has 0 aliphatic carbocycles. The molecule has 1 aliphatic heterocycles. The van der Waals surface area contributed by atoms with Crippen LogP contribution in [0.4, 0.5) is 10.5 Å². The van der Waals surface area contributed by atoms with Gasteiger partial charge in [0.05, 0.1) is 5.56 Å². The average molecular weight is 277 g/mol. The first kappa shape index (κ1) is 14.3. The lowest BCUT2D eigenvalue weighted by Crippen LogP contribution is -2.44. The number of hydrogen-bond donors (Lipinski definition) is 3. The number of hydrogen-bond acceptors (Lipinski definition) is 3. The summed E-state index contributed by atoms with van der Waals surface area (Å²) in [5.41, 5.74) is 0.636. The number of carbonyl (C=O) groups excluding carboxylic acids is 1. The van der Waals surface area contributed by atoms with Crippen LogP contribution >= 0.6 is 0 Å². The van der Waals surface area contributed by atoms with Gasteiger partial charge in [-0.3, -0.25) is 0 Å². The van der Waals surface area contributed by atoms with Gasteiger partial charge < -0.3 is 20.6 Å². The van der Waals surface area contributed by atoms with E-state index in [1.807, 2.05) is 0 Å². The van der Waals surface area contributed by atoms with E-state index in [-0.39, 0.29) is 17.6 Å². The van der Waals surface area contributed by atoms with Crippen LogP contribution < -0.4 is 10.6 Å².